The molecule has 0 spiro atoms. The minimum Gasteiger partial charge on any atom is -0.387 e. The molecule has 0 aliphatic heterocycles. The maximum atomic E-state index is 10.3. The summed E-state index contributed by atoms with van der Waals surface area (Å²) in [6, 6.07) is 0. The molecule has 5 heteroatoms. The topological polar surface area (TPSA) is 90.7 Å². The lowest BCUT2D eigenvalue weighted by Gasteiger charge is -2.17. The van der Waals surface area contributed by atoms with Crippen molar-refractivity contribution in [2.75, 3.05) is 19.8 Å². The summed E-state index contributed by atoms with van der Waals surface area (Å²) >= 11 is 0. The van der Waals surface area contributed by atoms with Crippen molar-refractivity contribution in [1.82, 2.24) is 0 Å². The first kappa shape index (κ1) is 12.9. The van der Waals surface area contributed by atoms with E-state index in [-0.39, 0.29) is 12.0 Å². The first-order valence-corrected chi connectivity index (χ1v) is 4.50. The Balaban J connectivity index is 3.67. The van der Waals surface area contributed by atoms with Crippen molar-refractivity contribution in [1.29, 1.82) is 0 Å². The molecule has 0 radical (unpaired) electrons. The SMILES string of the molecule is CC(C)(C)C(N)=NCCOCC(N)=O. The largest absolute Gasteiger partial charge is 0.387 e. The molecule has 0 rings (SSSR count). The molecule has 0 bridgehead atoms. The van der Waals surface area contributed by atoms with Crippen molar-refractivity contribution in [2.24, 2.45) is 21.9 Å². The molecule has 5 nitrogen and oxygen atoms in total. The smallest absolute Gasteiger partial charge is 0.243 e. The van der Waals surface area contributed by atoms with E-state index in [1.807, 2.05) is 20.8 Å². The highest BCUT2D eigenvalue weighted by molar-refractivity contribution is 5.85. The van der Waals surface area contributed by atoms with Crippen molar-refractivity contribution in [3.63, 3.8) is 0 Å². The van der Waals surface area contributed by atoms with Gasteiger partial charge in [0.05, 0.1) is 19.0 Å². The molecule has 0 atom stereocenters. The van der Waals surface area contributed by atoms with Crippen LogP contribution in [0.5, 0.6) is 0 Å². The maximum Gasteiger partial charge on any atom is 0.243 e. The van der Waals surface area contributed by atoms with Crippen molar-refractivity contribution in [3.8, 4) is 0 Å². The minimum atomic E-state index is -0.474. The van der Waals surface area contributed by atoms with Gasteiger partial charge in [0.15, 0.2) is 0 Å². The first-order valence-electron chi connectivity index (χ1n) is 4.50. The average molecular weight is 201 g/mol. The Labute approximate surface area is 84.5 Å². The third-order valence-electron chi connectivity index (χ3n) is 1.53. The first-order chi connectivity index (χ1) is 6.34. The van der Waals surface area contributed by atoms with E-state index in [1.165, 1.54) is 0 Å². The summed E-state index contributed by atoms with van der Waals surface area (Å²) in [6.07, 6.45) is 0. The summed E-state index contributed by atoms with van der Waals surface area (Å²) in [7, 11) is 0. The summed E-state index contributed by atoms with van der Waals surface area (Å²) in [5.74, 6) is 0.109. The van der Waals surface area contributed by atoms with Gasteiger partial charge in [-0.1, -0.05) is 20.8 Å². The van der Waals surface area contributed by atoms with Crippen molar-refractivity contribution in [2.45, 2.75) is 20.8 Å². The van der Waals surface area contributed by atoms with Crippen molar-refractivity contribution < 1.29 is 9.53 Å². The Bertz CT molecular complexity index is 219. The van der Waals surface area contributed by atoms with Crippen LogP contribution in [0.2, 0.25) is 0 Å². The monoisotopic (exact) mass is 201 g/mol. The lowest BCUT2D eigenvalue weighted by atomic mass is 9.95. The maximum absolute atomic E-state index is 10.3. The number of primary amides is 1. The van der Waals surface area contributed by atoms with Crippen molar-refractivity contribution >= 4 is 11.7 Å². The number of carbonyl (C=O) groups is 1. The van der Waals surface area contributed by atoms with Gasteiger partial charge in [0.2, 0.25) is 5.91 Å². The van der Waals surface area contributed by atoms with Crippen LogP contribution in [0.3, 0.4) is 0 Å². The number of hydrogen-bond donors (Lipinski definition) is 2. The molecular formula is C9H19N3O2. The number of carbonyl (C=O) groups excluding carboxylic acids is 1. The second-order valence-electron chi connectivity index (χ2n) is 4.04. The van der Waals surface area contributed by atoms with E-state index < -0.39 is 5.91 Å². The predicted octanol–water partition coefficient (Wildman–Crippen LogP) is -0.108. The van der Waals surface area contributed by atoms with Crippen LogP contribution in [0.4, 0.5) is 0 Å². The van der Waals surface area contributed by atoms with Gasteiger partial charge in [-0.15, -0.1) is 0 Å². The number of nitrogens with zero attached hydrogens (tertiary/aromatic N) is 1. The zero-order valence-electron chi connectivity index (χ0n) is 9.04. The Kier molecular flexibility index (Phi) is 5.15. The summed E-state index contributed by atoms with van der Waals surface area (Å²) in [5, 5.41) is 0. The number of nitrogens with two attached hydrogens (primary N) is 2. The third-order valence-corrected chi connectivity index (χ3v) is 1.53. The van der Waals surface area contributed by atoms with Gasteiger partial charge in [-0.05, 0) is 0 Å². The van der Waals surface area contributed by atoms with E-state index in [0.29, 0.717) is 19.0 Å². The van der Waals surface area contributed by atoms with Gasteiger partial charge in [0.25, 0.3) is 0 Å². The summed E-state index contributed by atoms with van der Waals surface area (Å²) in [6.45, 7) is 6.70. The molecule has 0 aromatic carbocycles. The number of amides is 1. The van der Waals surface area contributed by atoms with E-state index >= 15 is 0 Å². The summed E-state index contributed by atoms with van der Waals surface area (Å²) in [5.41, 5.74) is 10.5. The molecule has 0 heterocycles. The Hall–Kier alpha value is -1.10. The van der Waals surface area contributed by atoms with Gasteiger partial charge in [-0.2, -0.15) is 0 Å². The zero-order chi connectivity index (χ0) is 11.2. The van der Waals surface area contributed by atoms with Crippen LogP contribution in [-0.2, 0) is 9.53 Å². The molecule has 14 heavy (non-hydrogen) atoms. The average Bonchev–Trinajstić information content (AvgIpc) is 2.01. The highest BCUT2D eigenvalue weighted by Crippen LogP contribution is 2.12. The van der Waals surface area contributed by atoms with Gasteiger partial charge in [0.1, 0.15) is 6.61 Å². The number of hydrogen-bond acceptors (Lipinski definition) is 3. The van der Waals surface area contributed by atoms with Gasteiger partial charge in [-0.25, -0.2) is 0 Å². The predicted molar refractivity (Wildman–Crippen MR) is 56.0 cm³/mol. The standard InChI is InChI=1S/C9H19N3O2/c1-9(2,3)8(11)12-4-5-14-6-7(10)13/h4-6H2,1-3H3,(H2,10,13)(H2,11,12). The molecule has 0 aromatic heterocycles. The van der Waals surface area contributed by atoms with Crippen LogP contribution in [0.25, 0.3) is 0 Å². The highest BCUT2D eigenvalue weighted by atomic mass is 16.5. The third kappa shape index (κ3) is 6.42. The molecular weight excluding hydrogens is 182 g/mol. The molecule has 0 aliphatic rings. The summed E-state index contributed by atoms with van der Waals surface area (Å²) < 4.78 is 4.92. The molecule has 0 unspecified atom stereocenters. The van der Waals surface area contributed by atoms with Crippen LogP contribution in [0.1, 0.15) is 20.8 Å². The van der Waals surface area contributed by atoms with Crippen LogP contribution in [-0.4, -0.2) is 31.5 Å². The van der Waals surface area contributed by atoms with E-state index in [4.69, 9.17) is 16.2 Å². The number of amidine groups is 1. The van der Waals surface area contributed by atoms with Crippen LogP contribution in [0, 0.1) is 5.41 Å². The van der Waals surface area contributed by atoms with E-state index in [0.717, 1.165) is 0 Å². The molecule has 0 fully saturated rings. The van der Waals surface area contributed by atoms with E-state index in [9.17, 15) is 4.79 Å². The lowest BCUT2D eigenvalue weighted by molar-refractivity contribution is -0.122. The molecule has 1 amide bonds. The van der Waals surface area contributed by atoms with Crippen LogP contribution < -0.4 is 11.5 Å². The molecule has 0 saturated heterocycles. The fourth-order valence-corrected chi connectivity index (χ4v) is 0.641. The van der Waals surface area contributed by atoms with Crippen LogP contribution in [0.15, 0.2) is 4.99 Å². The zero-order valence-corrected chi connectivity index (χ0v) is 9.04. The number of ether oxygens (including phenoxy) is 1. The molecule has 0 aliphatic carbocycles. The number of rotatable bonds is 5. The lowest BCUT2D eigenvalue weighted by Crippen LogP contribution is -2.29. The van der Waals surface area contributed by atoms with Gasteiger partial charge in [-0.3, -0.25) is 9.79 Å². The number of aliphatic imine (C=N–C) groups is 1. The Morgan fingerprint density at radius 1 is 1.36 bits per heavy atom. The highest BCUT2D eigenvalue weighted by Gasteiger charge is 2.14. The second kappa shape index (κ2) is 5.59. The quantitative estimate of drug-likeness (QED) is 0.369. The molecule has 4 N–H and O–H groups in total. The molecule has 82 valence electrons. The van der Waals surface area contributed by atoms with Gasteiger partial charge >= 0.3 is 0 Å². The molecule has 0 saturated carbocycles. The Morgan fingerprint density at radius 2 is 1.93 bits per heavy atom. The van der Waals surface area contributed by atoms with E-state index in [2.05, 4.69) is 4.99 Å². The van der Waals surface area contributed by atoms with E-state index in [1.54, 1.807) is 0 Å². The summed E-state index contributed by atoms with van der Waals surface area (Å²) in [4.78, 5) is 14.4. The second-order valence-corrected chi connectivity index (χ2v) is 4.04. The van der Waals surface area contributed by atoms with Crippen molar-refractivity contribution in [3.05, 3.63) is 0 Å². The Morgan fingerprint density at radius 3 is 2.36 bits per heavy atom. The van der Waals surface area contributed by atoms with Crippen LogP contribution >= 0.6 is 0 Å². The fourth-order valence-electron chi connectivity index (χ4n) is 0.641. The van der Waals surface area contributed by atoms with Gasteiger partial charge in [0, 0.05) is 5.41 Å². The van der Waals surface area contributed by atoms with Gasteiger partial charge < -0.3 is 16.2 Å². The minimum absolute atomic E-state index is 0.0645. The molecule has 0 aromatic rings. The fraction of sp³-hybridized carbons (Fsp3) is 0.778. The normalized spacial score (nSPS) is 12.9.